The largest absolute Gasteiger partial charge is 0.491 e. The molecule has 0 aromatic heterocycles. The quantitative estimate of drug-likeness (QED) is 0.00224. The van der Waals surface area contributed by atoms with Crippen LogP contribution in [0.5, 0.6) is 5.75 Å². The van der Waals surface area contributed by atoms with E-state index in [1.165, 1.54) is 128 Å². The molecule has 4 amide bonds. The molecule has 6 unspecified atom stereocenters. The minimum Gasteiger partial charge on any atom is -0.491 e. The number of ether oxygens (including phenoxy) is 5. The van der Waals surface area contributed by atoms with Gasteiger partial charge in [0.2, 0.25) is 11.8 Å². The first-order valence-corrected chi connectivity index (χ1v) is 40.5. The van der Waals surface area contributed by atoms with Crippen molar-refractivity contribution in [2.45, 2.75) is 78.6 Å². The number of rotatable bonds is 35. The maximum atomic E-state index is 14.2. The van der Waals surface area contributed by atoms with Crippen LogP contribution in [0.4, 0.5) is 5.69 Å². The highest BCUT2D eigenvalue weighted by molar-refractivity contribution is 14.1. The molecule has 1 fully saturated rings. The second kappa shape index (κ2) is 37.0. The van der Waals surface area contributed by atoms with Crippen LogP contribution in [0.2, 0.25) is 0 Å². The summed E-state index contributed by atoms with van der Waals surface area (Å²) in [6.07, 6.45) is -3.54. The number of phosphoric acid groups is 3. The van der Waals surface area contributed by atoms with Crippen molar-refractivity contribution in [1.82, 2.24) is 31.1 Å². The molecule has 1 aliphatic carbocycles. The number of halogens is 1. The van der Waals surface area contributed by atoms with Crippen LogP contribution in [-0.2, 0) is 75.6 Å². The van der Waals surface area contributed by atoms with Crippen LogP contribution in [0.25, 0.3) is 43.9 Å². The minimum atomic E-state index is -5.81. The number of fused-ring (bicyclic) bond motifs is 2. The van der Waals surface area contributed by atoms with Crippen LogP contribution in [-0.4, -0.2) is 199 Å². The molecular formula is C55H68IN12O27P3S4. The number of carbonyl (C=O) groups is 4. The summed E-state index contributed by atoms with van der Waals surface area (Å²) < 4.78 is 158. The van der Waals surface area contributed by atoms with E-state index in [1.54, 1.807) is 25.3 Å². The molecule has 3 aromatic rings. The number of aliphatic hydroxyl groups excluding tert-OH is 1. The average Bonchev–Trinajstić information content (AvgIpc) is 0.804. The van der Waals surface area contributed by atoms with Crippen molar-refractivity contribution in [3.8, 4) is 40.0 Å². The van der Waals surface area contributed by atoms with Crippen molar-refractivity contribution in [3.05, 3.63) is 111 Å². The van der Waals surface area contributed by atoms with E-state index in [4.69, 9.17) is 59.4 Å². The number of nitrogens with zero attached hydrogens (tertiary/aromatic N) is 6. The van der Waals surface area contributed by atoms with Gasteiger partial charge in [-0.05, 0) is 79.2 Å². The molecule has 556 valence electrons. The van der Waals surface area contributed by atoms with Gasteiger partial charge in [-0.15, -0.1) is 0 Å². The van der Waals surface area contributed by atoms with Gasteiger partial charge in [-0.2, -0.15) is 25.5 Å². The third-order valence-electron chi connectivity index (χ3n) is 14.2. The summed E-state index contributed by atoms with van der Waals surface area (Å²) in [4.78, 5) is 93.7. The Morgan fingerprint density at radius 3 is 2.36 bits per heavy atom. The van der Waals surface area contributed by atoms with E-state index < -0.39 is 150 Å². The molecular weight excluding hydrogens is 1610 g/mol. The molecule has 3 aromatic carbocycles. The summed E-state index contributed by atoms with van der Waals surface area (Å²) >= 11 is 1.50. The van der Waals surface area contributed by atoms with Crippen molar-refractivity contribution < 1.29 is 125 Å². The maximum Gasteiger partial charge on any atom is 0.490 e. The zero-order valence-electron chi connectivity index (χ0n) is 53.5. The SMILES string of the molecule is CSS[C@@H](C)OC1C[C@H](N2C=C(C#CCNC(=O)COCCOC(COc3cccc(C(=O)NCCNC(=O)CCCN(C)C(=O)c4ccccc4-c4c5ccc(=NI)c(S(=O)(=O)O)c-5oc5c(S(=O)(=O)O)c(N)ccc45)c3)N=[N+]=[N-])C(N)NC2O)O[C@@H]1COP(=O)(O)OP(=O)(O)OP(=O)(O)O. The number of nitrogens with one attached hydrogen (secondary N) is 4. The number of hydrogen-bond donors (Lipinski definition) is 13. The number of aliphatic hydroxyl groups is 1. The van der Waals surface area contributed by atoms with Crippen LogP contribution >= 0.6 is 67.9 Å². The summed E-state index contributed by atoms with van der Waals surface area (Å²) in [5, 5.41) is 24.8. The molecule has 4 aliphatic rings. The fraction of sp³-hybridized carbons (Fsp3) is 0.400. The number of nitrogen functional groups attached to an aromatic ring is 1. The predicted molar refractivity (Wildman–Crippen MR) is 371 cm³/mol. The molecule has 1 saturated heterocycles. The molecule has 0 saturated carbocycles. The van der Waals surface area contributed by atoms with Crippen LogP contribution < -0.4 is 42.8 Å². The highest BCUT2D eigenvalue weighted by Gasteiger charge is 2.46. The maximum absolute atomic E-state index is 14.2. The number of azide groups is 1. The van der Waals surface area contributed by atoms with Gasteiger partial charge in [0.1, 0.15) is 36.7 Å². The Morgan fingerprint density at radius 1 is 0.941 bits per heavy atom. The molecule has 3 aliphatic heterocycles. The summed E-state index contributed by atoms with van der Waals surface area (Å²) in [7, 11) is -23.1. The third-order valence-corrected chi connectivity index (χ3v) is 22.3. The highest BCUT2D eigenvalue weighted by atomic mass is 127. The van der Waals surface area contributed by atoms with Gasteiger partial charge in [-0.25, -0.2) is 16.9 Å². The lowest BCUT2D eigenvalue weighted by molar-refractivity contribution is -0.128. The molecule has 0 radical (unpaired) electrons. The van der Waals surface area contributed by atoms with Gasteiger partial charge in [0.15, 0.2) is 33.7 Å². The van der Waals surface area contributed by atoms with Crippen molar-refractivity contribution in [1.29, 1.82) is 0 Å². The Morgan fingerprint density at radius 2 is 1.67 bits per heavy atom. The molecule has 39 nitrogen and oxygen atoms in total. The van der Waals surface area contributed by atoms with E-state index in [0.717, 1.165) is 0 Å². The Balaban J connectivity index is 0.821. The number of benzene rings is 4. The van der Waals surface area contributed by atoms with Crippen LogP contribution in [0.15, 0.2) is 107 Å². The molecule has 102 heavy (non-hydrogen) atoms. The minimum absolute atomic E-state index is 0.00549. The van der Waals surface area contributed by atoms with Crippen LogP contribution in [0.3, 0.4) is 0 Å². The van der Waals surface area contributed by atoms with Crippen molar-refractivity contribution in [2.24, 2.45) is 14.1 Å². The van der Waals surface area contributed by atoms with Gasteiger partial charge < -0.3 is 90.0 Å². The zero-order chi connectivity index (χ0) is 74.9. The molecule has 0 spiro atoms. The Hall–Kier alpha value is -6.38. The molecule has 0 bridgehead atoms. The number of carbonyl (C=O) groups excluding carboxylic acids is 4. The second-order valence-electron chi connectivity index (χ2n) is 21.5. The van der Waals surface area contributed by atoms with E-state index in [1.807, 2.05) is 0 Å². The number of amides is 4. The lowest BCUT2D eigenvalue weighted by atomic mass is 9.90. The smallest absolute Gasteiger partial charge is 0.490 e. The first kappa shape index (κ1) is 82.9. The van der Waals surface area contributed by atoms with E-state index >= 15 is 0 Å². The first-order valence-electron chi connectivity index (χ1n) is 29.5. The van der Waals surface area contributed by atoms with Gasteiger partial charge in [-0.3, -0.25) is 38.1 Å². The number of anilines is 1. The molecule has 3 heterocycles. The monoisotopic (exact) mass is 1680 g/mol. The van der Waals surface area contributed by atoms with Gasteiger partial charge in [0, 0.05) is 83.8 Å². The second-order valence-corrected chi connectivity index (χ2v) is 31.8. The number of nitrogens with two attached hydrogens (primary N) is 2. The Bertz CT molecular complexity index is 4490. The van der Waals surface area contributed by atoms with E-state index in [-0.39, 0.29) is 115 Å². The van der Waals surface area contributed by atoms with Gasteiger partial charge in [-0.1, -0.05) is 62.8 Å². The topological polar surface area (TPSA) is 584 Å². The first-order chi connectivity index (χ1) is 48.0. The summed E-state index contributed by atoms with van der Waals surface area (Å²) in [6.45, 7) is -0.287. The Labute approximate surface area is 602 Å². The summed E-state index contributed by atoms with van der Waals surface area (Å²) in [5.74, 6) is 3.08. The van der Waals surface area contributed by atoms with E-state index in [9.17, 15) is 73.7 Å². The zero-order valence-corrected chi connectivity index (χ0v) is 61.6. The van der Waals surface area contributed by atoms with Crippen LogP contribution in [0, 0.1) is 11.8 Å². The molecule has 7 rings (SSSR count). The van der Waals surface area contributed by atoms with Crippen molar-refractivity contribution in [3.63, 3.8) is 0 Å². The van der Waals surface area contributed by atoms with Crippen molar-refractivity contribution in [2.75, 3.05) is 78.3 Å². The number of hydrogen-bond acceptors (Lipinski definition) is 29. The van der Waals surface area contributed by atoms with Gasteiger partial charge in [0.25, 0.3) is 32.1 Å². The molecule has 15 N–H and O–H groups in total. The fourth-order valence-corrected chi connectivity index (χ4v) is 16.5. The van der Waals surface area contributed by atoms with Crippen molar-refractivity contribution >= 4 is 128 Å². The van der Waals surface area contributed by atoms with Gasteiger partial charge in [0.05, 0.1) is 72.5 Å². The lowest BCUT2D eigenvalue weighted by Crippen LogP contribution is -2.58. The fourth-order valence-electron chi connectivity index (χ4n) is 9.95. The van der Waals surface area contributed by atoms with Gasteiger partial charge >= 0.3 is 23.5 Å². The Kier molecular flexibility index (Phi) is 30.1. The molecule has 9 atom stereocenters. The number of phosphoric ester groups is 1. The lowest BCUT2D eigenvalue weighted by Gasteiger charge is -2.38. The summed E-state index contributed by atoms with van der Waals surface area (Å²) in [5.41, 5.74) is 20.5. The molecule has 47 heteroatoms. The van der Waals surface area contributed by atoms with Crippen LogP contribution in [0.1, 0.15) is 46.9 Å². The van der Waals surface area contributed by atoms with E-state index in [2.05, 4.69) is 55.0 Å². The predicted octanol–water partition coefficient (Wildman–Crippen LogP) is 3.65. The standard InChI is InChI=1S/C55H68IN12O27P3S4/c1-31(100-99-3)91-41-26-46(92-42(41)28-90-97(77,78)95-98(79,80)94-96(74,75)76)68-27-33(52(58)63-55(68)73)10-7-19-60-44(70)29-87-23-24-88-45(65-66-59)30-89-34-11-6-9-32(25-34)53(71)62-21-20-61-43(69)14-8-22-67(2)54(72)36-13-5-4-12-35(36)47-37-15-17-39(57)50(101(81,82)83)48(37)93-49-38(47)16-18-40(64-56)51(49)102(84,85)86/h4-6,9,11-13,15-18,25,27,31,41-42,45-46,52,55,63,73H,8,14,19-24,26,28-30,57-58H2,1-3H3,(H,60,70)(H,61,69)(H,62,71)(H,77,78)(H,79,80)(H2,74,75,76)(H,81,82,83)(H,84,85,86)/t31-,41?,42+,45?,46+,52?,55?/m0/s1. The third kappa shape index (κ3) is 23.8. The summed E-state index contributed by atoms with van der Waals surface area (Å²) in [6, 6.07) is 17.3. The highest BCUT2D eigenvalue weighted by Crippen LogP contribution is 2.66. The average molecular weight is 1680 g/mol. The normalized spacial score (nSPS) is 19.1. The van der Waals surface area contributed by atoms with E-state index in [0.29, 0.717) is 0 Å².